The van der Waals surface area contributed by atoms with Gasteiger partial charge in [-0.2, -0.15) is 0 Å². The zero-order valence-corrected chi connectivity index (χ0v) is 17.8. The quantitative estimate of drug-likeness (QED) is 0.266. The van der Waals surface area contributed by atoms with Crippen LogP contribution in [-0.4, -0.2) is 11.9 Å². The standard InChI is InChI=1S/C23H15IO5/c1-12-3-6-18-20(9-12)28-21-11-15(27-13(2)25)5-8-19(21)23(18)17-7-4-14(24)10-16(17)22(26)29-23/h3-11H,1-2H3. The Morgan fingerprint density at radius 1 is 0.966 bits per heavy atom. The van der Waals surface area contributed by atoms with Crippen molar-refractivity contribution in [2.45, 2.75) is 19.4 Å². The third-order valence-corrected chi connectivity index (χ3v) is 5.83. The van der Waals surface area contributed by atoms with Crippen molar-refractivity contribution in [1.82, 2.24) is 0 Å². The van der Waals surface area contributed by atoms with Crippen LogP contribution >= 0.6 is 22.6 Å². The van der Waals surface area contributed by atoms with E-state index in [-0.39, 0.29) is 5.97 Å². The summed E-state index contributed by atoms with van der Waals surface area (Å²) in [5, 5.41) is 0. The fourth-order valence-electron chi connectivity index (χ4n) is 4.02. The molecule has 0 amide bonds. The zero-order valence-electron chi connectivity index (χ0n) is 15.6. The number of ether oxygens (including phenoxy) is 3. The van der Waals surface area contributed by atoms with E-state index in [0.29, 0.717) is 28.4 Å². The average Bonchev–Trinajstić information content (AvgIpc) is 2.93. The molecule has 3 aromatic rings. The van der Waals surface area contributed by atoms with E-state index in [1.807, 2.05) is 43.3 Å². The SMILES string of the molecule is CC(=O)Oc1ccc2c(c1)Oc1cc(C)ccc1C21OC(=O)c2cc(I)ccc21. The van der Waals surface area contributed by atoms with Crippen molar-refractivity contribution in [2.24, 2.45) is 0 Å². The summed E-state index contributed by atoms with van der Waals surface area (Å²) >= 11 is 2.18. The van der Waals surface area contributed by atoms with E-state index < -0.39 is 11.6 Å². The van der Waals surface area contributed by atoms with Gasteiger partial charge in [0.15, 0.2) is 5.60 Å². The number of aryl methyl sites for hydroxylation is 1. The highest BCUT2D eigenvalue weighted by molar-refractivity contribution is 14.1. The second kappa shape index (κ2) is 6.32. The molecule has 0 saturated carbocycles. The second-order valence-electron chi connectivity index (χ2n) is 7.11. The molecular formula is C23H15IO5. The van der Waals surface area contributed by atoms with Crippen LogP contribution in [0.4, 0.5) is 0 Å². The molecule has 0 aromatic heterocycles. The van der Waals surface area contributed by atoms with Crippen LogP contribution in [0, 0.1) is 10.5 Å². The number of carbonyl (C=O) groups is 2. The minimum atomic E-state index is -1.11. The molecule has 0 saturated heterocycles. The maximum absolute atomic E-state index is 12.9. The van der Waals surface area contributed by atoms with E-state index in [4.69, 9.17) is 14.2 Å². The van der Waals surface area contributed by atoms with Crippen LogP contribution in [0.1, 0.15) is 39.5 Å². The molecule has 0 fully saturated rings. The molecule has 2 heterocycles. The summed E-state index contributed by atoms with van der Waals surface area (Å²) in [4.78, 5) is 24.2. The van der Waals surface area contributed by atoms with E-state index in [2.05, 4.69) is 22.6 Å². The maximum atomic E-state index is 12.9. The molecule has 0 radical (unpaired) electrons. The lowest BCUT2D eigenvalue weighted by atomic mass is 9.77. The predicted octanol–water partition coefficient (Wildman–Crippen LogP) is 5.09. The third-order valence-electron chi connectivity index (χ3n) is 5.16. The van der Waals surface area contributed by atoms with Crippen molar-refractivity contribution >= 4 is 34.5 Å². The predicted molar refractivity (Wildman–Crippen MR) is 113 cm³/mol. The van der Waals surface area contributed by atoms with Crippen LogP contribution in [0.25, 0.3) is 0 Å². The Labute approximate surface area is 180 Å². The van der Waals surface area contributed by atoms with Crippen LogP contribution < -0.4 is 9.47 Å². The number of halogens is 1. The van der Waals surface area contributed by atoms with E-state index in [1.165, 1.54) is 6.92 Å². The molecule has 0 aliphatic carbocycles. The molecular weight excluding hydrogens is 483 g/mol. The molecule has 0 bridgehead atoms. The molecule has 6 heteroatoms. The van der Waals surface area contributed by atoms with Gasteiger partial charge in [-0.3, -0.25) is 4.79 Å². The molecule has 5 nitrogen and oxygen atoms in total. The highest BCUT2D eigenvalue weighted by Crippen LogP contribution is 2.56. The Hall–Kier alpha value is -2.87. The summed E-state index contributed by atoms with van der Waals surface area (Å²) in [7, 11) is 0. The van der Waals surface area contributed by atoms with Crippen LogP contribution in [0.15, 0.2) is 54.6 Å². The molecule has 2 aliphatic heterocycles. The van der Waals surface area contributed by atoms with Gasteiger partial charge in [-0.25, -0.2) is 4.79 Å². The molecule has 1 atom stereocenters. The first-order valence-corrected chi connectivity index (χ1v) is 10.1. The fourth-order valence-corrected chi connectivity index (χ4v) is 4.51. The molecule has 1 unspecified atom stereocenters. The largest absolute Gasteiger partial charge is 0.456 e. The number of hydrogen-bond acceptors (Lipinski definition) is 5. The molecule has 1 spiro atoms. The van der Waals surface area contributed by atoms with Gasteiger partial charge >= 0.3 is 11.9 Å². The normalized spacial score (nSPS) is 18.4. The number of hydrogen-bond donors (Lipinski definition) is 0. The smallest absolute Gasteiger partial charge is 0.340 e. The lowest BCUT2D eigenvalue weighted by molar-refractivity contribution is -0.131. The van der Waals surface area contributed by atoms with E-state index in [9.17, 15) is 9.59 Å². The van der Waals surface area contributed by atoms with Gasteiger partial charge in [-0.15, -0.1) is 0 Å². The molecule has 0 N–H and O–H groups in total. The van der Waals surface area contributed by atoms with Gasteiger partial charge < -0.3 is 14.2 Å². The zero-order chi connectivity index (χ0) is 20.3. The highest BCUT2D eigenvalue weighted by Gasteiger charge is 2.53. The first-order valence-electron chi connectivity index (χ1n) is 9.04. The number of rotatable bonds is 1. The van der Waals surface area contributed by atoms with Crippen LogP contribution in [0.5, 0.6) is 17.2 Å². The second-order valence-corrected chi connectivity index (χ2v) is 8.36. The van der Waals surface area contributed by atoms with Gasteiger partial charge in [0, 0.05) is 33.3 Å². The molecule has 29 heavy (non-hydrogen) atoms. The average molecular weight is 498 g/mol. The lowest BCUT2D eigenvalue weighted by Crippen LogP contribution is -2.33. The summed E-state index contributed by atoms with van der Waals surface area (Å²) < 4.78 is 18.4. The summed E-state index contributed by atoms with van der Waals surface area (Å²) in [6.07, 6.45) is 0. The summed E-state index contributed by atoms with van der Waals surface area (Å²) in [5.41, 5.74) is 2.69. The van der Waals surface area contributed by atoms with Crippen molar-refractivity contribution < 1.29 is 23.8 Å². The summed E-state index contributed by atoms with van der Waals surface area (Å²) in [6, 6.07) is 16.7. The van der Waals surface area contributed by atoms with Crippen molar-refractivity contribution in [3.05, 3.63) is 86.0 Å². The van der Waals surface area contributed by atoms with Crippen LogP contribution in [0.2, 0.25) is 0 Å². The number of carbonyl (C=O) groups excluding carboxylic acids is 2. The van der Waals surface area contributed by atoms with Crippen molar-refractivity contribution in [1.29, 1.82) is 0 Å². The summed E-state index contributed by atoms with van der Waals surface area (Å²) in [5.74, 6) is 0.674. The Morgan fingerprint density at radius 3 is 2.41 bits per heavy atom. The van der Waals surface area contributed by atoms with Gasteiger partial charge in [-0.1, -0.05) is 18.2 Å². The van der Waals surface area contributed by atoms with Gasteiger partial charge in [0.1, 0.15) is 17.2 Å². The minimum absolute atomic E-state index is 0.370. The van der Waals surface area contributed by atoms with Gasteiger partial charge in [-0.05, 0) is 65.4 Å². The summed E-state index contributed by atoms with van der Waals surface area (Å²) in [6.45, 7) is 3.31. The van der Waals surface area contributed by atoms with Crippen molar-refractivity contribution in [3.63, 3.8) is 0 Å². The minimum Gasteiger partial charge on any atom is -0.456 e. The van der Waals surface area contributed by atoms with E-state index in [0.717, 1.165) is 20.3 Å². The first-order chi connectivity index (χ1) is 13.9. The first kappa shape index (κ1) is 18.2. The Morgan fingerprint density at radius 2 is 1.66 bits per heavy atom. The molecule has 3 aromatic carbocycles. The lowest BCUT2D eigenvalue weighted by Gasteiger charge is -2.36. The fraction of sp³-hybridized carbons (Fsp3) is 0.130. The Balaban J connectivity index is 1.81. The maximum Gasteiger partial charge on any atom is 0.340 e. The molecule has 2 aliphatic rings. The van der Waals surface area contributed by atoms with Crippen LogP contribution in [0.3, 0.4) is 0 Å². The topological polar surface area (TPSA) is 61.8 Å². The van der Waals surface area contributed by atoms with Crippen molar-refractivity contribution in [2.75, 3.05) is 0 Å². The van der Waals surface area contributed by atoms with Gasteiger partial charge in [0.2, 0.25) is 0 Å². The number of fused-ring (bicyclic) bond motifs is 6. The number of esters is 2. The van der Waals surface area contributed by atoms with E-state index in [1.54, 1.807) is 18.2 Å². The monoisotopic (exact) mass is 498 g/mol. The third kappa shape index (κ3) is 2.66. The van der Waals surface area contributed by atoms with Gasteiger partial charge in [0.25, 0.3) is 0 Å². The number of benzene rings is 3. The highest BCUT2D eigenvalue weighted by atomic mass is 127. The molecule has 144 valence electrons. The Kier molecular flexibility index (Phi) is 3.96. The molecule has 5 rings (SSSR count). The van der Waals surface area contributed by atoms with Crippen LogP contribution in [-0.2, 0) is 15.1 Å². The van der Waals surface area contributed by atoms with Gasteiger partial charge in [0.05, 0.1) is 5.56 Å². The van der Waals surface area contributed by atoms with Crippen molar-refractivity contribution in [3.8, 4) is 17.2 Å². The van der Waals surface area contributed by atoms with E-state index >= 15 is 0 Å². The Bertz CT molecular complexity index is 1220.